The van der Waals surface area contributed by atoms with Gasteiger partial charge in [0.1, 0.15) is 0 Å². The molecule has 0 N–H and O–H groups in total. The molecule has 0 nitrogen and oxygen atoms in total. The summed E-state index contributed by atoms with van der Waals surface area (Å²) < 4.78 is 0. The van der Waals surface area contributed by atoms with Crippen LogP contribution < -0.4 is 10.4 Å². The molecule has 4 aromatic carbocycles. The van der Waals surface area contributed by atoms with Crippen molar-refractivity contribution in [1.82, 2.24) is 0 Å². The van der Waals surface area contributed by atoms with E-state index < -0.39 is 0 Å². The Morgan fingerprint density at radius 1 is 0.596 bits per heavy atom. The fourth-order valence-electron chi connectivity index (χ4n) is 7.81. The third-order valence-electron chi connectivity index (χ3n) is 10.4. The van der Waals surface area contributed by atoms with Gasteiger partial charge in [-0.15, -0.1) is 0 Å². The molecule has 0 saturated heterocycles. The highest BCUT2D eigenvalue weighted by Gasteiger charge is 2.33. The van der Waals surface area contributed by atoms with Crippen LogP contribution in [-0.4, -0.2) is 0 Å². The molecule has 0 fully saturated rings. The molecule has 0 radical (unpaired) electrons. The van der Waals surface area contributed by atoms with Gasteiger partial charge in [0.15, 0.2) is 0 Å². The van der Waals surface area contributed by atoms with Gasteiger partial charge in [0.2, 0.25) is 0 Å². The largest absolute Gasteiger partial charge is 0.0732 e. The van der Waals surface area contributed by atoms with E-state index in [1.165, 1.54) is 87.7 Å². The lowest BCUT2D eigenvalue weighted by atomic mass is 9.76. The molecule has 1 unspecified atom stereocenters. The molecule has 0 aromatic heterocycles. The maximum absolute atomic E-state index is 2.55. The normalized spacial score (nSPS) is 16.2. The van der Waals surface area contributed by atoms with Crippen molar-refractivity contribution < 1.29 is 0 Å². The zero-order chi connectivity index (χ0) is 34.2. The summed E-state index contributed by atoms with van der Waals surface area (Å²) in [4.78, 5) is 0. The molecule has 0 aliphatic heterocycles. The zero-order valence-electron chi connectivity index (χ0n) is 31.2. The zero-order valence-corrected chi connectivity index (χ0v) is 31.2. The van der Waals surface area contributed by atoms with Crippen LogP contribution in [0.1, 0.15) is 121 Å². The summed E-state index contributed by atoms with van der Waals surface area (Å²) in [6.45, 7) is 30.4. The molecule has 2 aliphatic rings. The Kier molecular flexibility index (Phi) is 7.98. The molecule has 0 amide bonds. The third kappa shape index (κ3) is 5.90. The van der Waals surface area contributed by atoms with E-state index in [1.54, 1.807) is 0 Å². The first-order chi connectivity index (χ1) is 21.9. The lowest BCUT2D eigenvalue weighted by molar-refractivity contribution is 0.510. The van der Waals surface area contributed by atoms with Crippen LogP contribution in [0, 0.1) is 35.6 Å². The Morgan fingerprint density at radius 2 is 1.15 bits per heavy atom. The quantitative estimate of drug-likeness (QED) is 0.189. The van der Waals surface area contributed by atoms with Crippen molar-refractivity contribution in [2.24, 2.45) is 11.3 Å². The molecule has 4 aromatic rings. The maximum atomic E-state index is 2.55. The van der Waals surface area contributed by atoms with Gasteiger partial charge in [0.05, 0.1) is 0 Å². The molecule has 242 valence electrons. The smallest absolute Gasteiger partial charge is 0.000480 e. The van der Waals surface area contributed by atoms with Crippen molar-refractivity contribution in [2.45, 2.75) is 101 Å². The molecule has 0 heteroatoms. The number of allylic oxidation sites excluding steroid dienone is 4. The highest BCUT2D eigenvalue weighted by Crippen LogP contribution is 2.46. The molecule has 0 saturated carbocycles. The van der Waals surface area contributed by atoms with Gasteiger partial charge in [-0.3, -0.25) is 0 Å². The summed E-state index contributed by atoms with van der Waals surface area (Å²) in [5.41, 5.74) is 16.4. The lowest BCUT2D eigenvalue weighted by Gasteiger charge is -2.28. The van der Waals surface area contributed by atoms with Gasteiger partial charge in [0, 0.05) is 5.92 Å². The first kappa shape index (κ1) is 33.0. The maximum Gasteiger partial charge on any atom is 0.000480 e. The van der Waals surface area contributed by atoms with Crippen LogP contribution in [0.25, 0.3) is 17.2 Å². The molecular weight excluding hydrogens is 565 g/mol. The number of benzene rings is 4. The summed E-state index contributed by atoms with van der Waals surface area (Å²) in [6.07, 6.45) is 5.04. The predicted molar refractivity (Wildman–Crippen MR) is 204 cm³/mol. The van der Waals surface area contributed by atoms with Crippen molar-refractivity contribution in [3.05, 3.63) is 155 Å². The van der Waals surface area contributed by atoms with Crippen LogP contribution in [0.2, 0.25) is 0 Å². The summed E-state index contributed by atoms with van der Waals surface area (Å²) in [5.74, 6) is 0.307. The molecule has 0 bridgehead atoms. The standard InChI is InChI=1S/C47H54/c1-28-14-18-32(19-15-28)42(33-20-16-29(2)17-21-33)44-40(47(11,12)13)27-37-36-26-35(45(5,6)7)23-22-34(36)25-38(37)43(44)41-30(3)24-39(31(41)4)46(8,9)10/h14-27,30H,1-13H3. The molecule has 47 heavy (non-hydrogen) atoms. The Bertz CT molecular complexity index is 2130. The van der Waals surface area contributed by atoms with Gasteiger partial charge < -0.3 is 0 Å². The van der Waals surface area contributed by atoms with E-state index >= 15 is 0 Å². The second-order valence-electron chi connectivity index (χ2n) is 17.3. The van der Waals surface area contributed by atoms with Crippen molar-refractivity contribution in [2.75, 3.05) is 0 Å². The number of hydrogen-bond donors (Lipinski definition) is 0. The number of aryl methyl sites for hydroxylation is 2. The molecule has 6 rings (SSSR count). The van der Waals surface area contributed by atoms with E-state index in [4.69, 9.17) is 0 Å². The third-order valence-corrected chi connectivity index (χ3v) is 10.4. The van der Waals surface area contributed by atoms with Gasteiger partial charge in [-0.05, 0) is 126 Å². The molecule has 0 heterocycles. The van der Waals surface area contributed by atoms with E-state index in [2.05, 4.69) is 175 Å². The minimum absolute atomic E-state index is 0.0693. The number of fused-ring (bicyclic) bond motifs is 2. The second-order valence-corrected chi connectivity index (χ2v) is 17.3. The minimum Gasteiger partial charge on any atom is -0.0732 e. The highest BCUT2D eigenvalue weighted by atomic mass is 14.4. The van der Waals surface area contributed by atoms with Crippen LogP contribution in [0.15, 0.2) is 90.0 Å². The van der Waals surface area contributed by atoms with Crippen molar-refractivity contribution in [1.29, 1.82) is 0 Å². The molecule has 0 spiro atoms. The summed E-state index contributed by atoms with van der Waals surface area (Å²) in [7, 11) is 0. The monoisotopic (exact) mass is 618 g/mol. The van der Waals surface area contributed by atoms with E-state index in [0.29, 0.717) is 5.92 Å². The number of rotatable bonds is 3. The Hall–Kier alpha value is -3.90. The first-order valence-corrected chi connectivity index (χ1v) is 17.5. The van der Waals surface area contributed by atoms with Gasteiger partial charge >= 0.3 is 0 Å². The van der Waals surface area contributed by atoms with Crippen molar-refractivity contribution in [3.63, 3.8) is 0 Å². The Labute approximate surface area is 284 Å². The van der Waals surface area contributed by atoms with Gasteiger partial charge in [-0.1, -0.05) is 153 Å². The van der Waals surface area contributed by atoms with Crippen molar-refractivity contribution in [3.8, 4) is 0 Å². The van der Waals surface area contributed by atoms with Crippen LogP contribution in [0.4, 0.5) is 0 Å². The van der Waals surface area contributed by atoms with Gasteiger partial charge in [-0.25, -0.2) is 0 Å². The fourth-order valence-corrected chi connectivity index (χ4v) is 7.81. The topological polar surface area (TPSA) is 0 Å². The van der Waals surface area contributed by atoms with E-state index in [-0.39, 0.29) is 16.2 Å². The van der Waals surface area contributed by atoms with Crippen LogP contribution >= 0.6 is 0 Å². The average Bonchev–Trinajstić information content (AvgIpc) is 3.49. The van der Waals surface area contributed by atoms with E-state index in [9.17, 15) is 0 Å². The second kappa shape index (κ2) is 11.4. The Balaban J connectivity index is 1.94. The van der Waals surface area contributed by atoms with E-state index in [0.717, 1.165) is 0 Å². The Morgan fingerprint density at radius 3 is 1.62 bits per heavy atom. The predicted octanol–water partition coefficient (Wildman–Crippen LogP) is 11.0. The first-order valence-electron chi connectivity index (χ1n) is 17.5. The fraction of sp³-hybridized carbons (Fsp3) is 0.362. The summed E-state index contributed by atoms with van der Waals surface area (Å²) in [5, 5.41) is 5.45. The van der Waals surface area contributed by atoms with Crippen LogP contribution in [-0.2, 0) is 10.8 Å². The van der Waals surface area contributed by atoms with E-state index in [1.807, 2.05) is 0 Å². The van der Waals surface area contributed by atoms with Crippen LogP contribution in [0.3, 0.4) is 0 Å². The lowest BCUT2D eigenvalue weighted by Crippen LogP contribution is -2.30. The van der Waals surface area contributed by atoms with Gasteiger partial charge in [-0.2, -0.15) is 0 Å². The molecule has 2 aliphatic carbocycles. The summed E-state index contributed by atoms with van der Waals surface area (Å²) in [6, 6.07) is 28.1. The summed E-state index contributed by atoms with van der Waals surface area (Å²) >= 11 is 0. The molecular formula is C47H54. The van der Waals surface area contributed by atoms with Gasteiger partial charge in [0.25, 0.3) is 0 Å². The molecule has 1 atom stereocenters. The van der Waals surface area contributed by atoms with Crippen molar-refractivity contribution >= 4 is 17.2 Å². The average molecular weight is 619 g/mol. The minimum atomic E-state index is -0.0965. The number of hydrogen-bond acceptors (Lipinski definition) is 0. The SMILES string of the molecule is CC1=C(c2c3c(cc(C(C)(C)C)c2=C(c2ccc(C)cc2)c2ccc(C)cc2)=c2cc(C(C)(C)C)ccc2=C3)C(C)C=C1C(C)(C)C. The van der Waals surface area contributed by atoms with Crippen LogP contribution in [0.5, 0.6) is 0 Å². The highest BCUT2D eigenvalue weighted by molar-refractivity contribution is 5.90.